The molecule has 0 amide bonds. The first-order valence-electron chi connectivity index (χ1n) is 5.98. The Labute approximate surface area is 115 Å². The van der Waals surface area contributed by atoms with E-state index in [1.54, 1.807) is 19.2 Å². The molecule has 3 rings (SSSR count). The maximum Gasteiger partial charge on any atom is 0.141 e. The predicted octanol–water partition coefficient (Wildman–Crippen LogP) is 4.09. The third-order valence-electron chi connectivity index (χ3n) is 3.22. The Morgan fingerprint density at radius 3 is 2.84 bits per heavy atom. The van der Waals surface area contributed by atoms with Gasteiger partial charge in [0.15, 0.2) is 0 Å². The first-order valence-corrected chi connectivity index (χ1v) is 6.36. The highest BCUT2D eigenvalue weighted by molar-refractivity contribution is 6.31. The van der Waals surface area contributed by atoms with E-state index in [-0.39, 0.29) is 5.02 Å². The second-order valence-corrected chi connectivity index (χ2v) is 4.80. The van der Waals surface area contributed by atoms with Crippen LogP contribution < -0.4 is 9.47 Å². The summed E-state index contributed by atoms with van der Waals surface area (Å²) in [5.74, 6) is 1.18. The lowest BCUT2D eigenvalue weighted by molar-refractivity contribution is 0.357. The van der Waals surface area contributed by atoms with Crippen LogP contribution in [0.15, 0.2) is 30.3 Å². The van der Waals surface area contributed by atoms with Crippen molar-refractivity contribution >= 4 is 11.6 Å². The van der Waals surface area contributed by atoms with Crippen molar-refractivity contribution in [3.63, 3.8) is 0 Å². The van der Waals surface area contributed by atoms with Crippen molar-refractivity contribution in [3.8, 4) is 22.6 Å². The summed E-state index contributed by atoms with van der Waals surface area (Å²) in [5.41, 5.74) is 2.81. The lowest BCUT2D eigenvalue weighted by atomic mass is 10.0. The molecule has 0 fully saturated rings. The fourth-order valence-corrected chi connectivity index (χ4v) is 2.46. The summed E-state index contributed by atoms with van der Waals surface area (Å²) in [6.45, 7) is 0.657. The molecule has 0 N–H and O–H groups in total. The number of fused-ring (bicyclic) bond motifs is 1. The summed E-state index contributed by atoms with van der Waals surface area (Å²) >= 11 is 5.84. The number of halogens is 2. The molecule has 19 heavy (non-hydrogen) atoms. The highest BCUT2D eigenvalue weighted by Gasteiger charge is 2.19. The van der Waals surface area contributed by atoms with Crippen molar-refractivity contribution in [2.75, 3.05) is 13.7 Å². The van der Waals surface area contributed by atoms with E-state index in [9.17, 15) is 4.39 Å². The molecular formula is C15H12ClFO2. The maximum absolute atomic E-state index is 13.2. The van der Waals surface area contributed by atoms with Gasteiger partial charge in [-0.1, -0.05) is 17.7 Å². The SMILES string of the molecule is COc1cc2c(c(-c3ccc(F)c(Cl)c3)c1)OCC2. The highest BCUT2D eigenvalue weighted by atomic mass is 35.5. The van der Waals surface area contributed by atoms with Crippen LogP contribution in [0.25, 0.3) is 11.1 Å². The first-order chi connectivity index (χ1) is 9.19. The van der Waals surface area contributed by atoms with Gasteiger partial charge in [0.1, 0.15) is 17.3 Å². The molecule has 1 aliphatic heterocycles. The fraction of sp³-hybridized carbons (Fsp3) is 0.200. The van der Waals surface area contributed by atoms with E-state index in [1.807, 2.05) is 12.1 Å². The van der Waals surface area contributed by atoms with E-state index in [0.717, 1.165) is 34.6 Å². The summed E-state index contributed by atoms with van der Waals surface area (Å²) in [6.07, 6.45) is 0.856. The van der Waals surface area contributed by atoms with Crippen LogP contribution in [0, 0.1) is 5.82 Å². The topological polar surface area (TPSA) is 18.5 Å². The summed E-state index contributed by atoms with van der Waals surface area (Å²) in [4.78, 5) is 0. The number of rotatable bonds is 2. The van der Waals surface area contributed by atoms with Gasteiger partial charge in [0.05, 0.1) is 18.7 Å². The summed E-state index contributed by atoms with van der Waals surface area (Å²) in [7, 11) is 1.62. The molecule has 0 aromatic heterocycles. The van der Waals surface area contributed by atoms with Gasteiger partial charge < -0.3 is 9.47 Å². The van der Waals surface area contributed by atoms with Crippen LogP contribution >= 0.6 is 11.6 Å². The number of ether oxygens (including phenoxy) is 2. The molecule has 0 spiro atoms. The third-order valence-corrected chi connectivity index (χ3v) is 3.51. The zero-order chi connectivity index (χ0) is 13.4. The van der Waals surface area contributed by atoms with Crippen LogP contribution in [0.5, 0.6) is 11.5 Å². The quantitative estimate of drug-likeness (QED) is 0.824. The second kappa shape index (κ2) is 4.74. The second-order valence-electron chi connectivity index (χ2n) is 4.39. The highest BCUT2D eigenvalue weighted by Crippen LogP contribution is 2.40. The Morgan fingerprint density at radius 2 is 2.11 bits per heavy atom. The third kappa shape index (κ3) is 2.15. The Hall–Kier alpha value is -1.74. The average molecular weight is 279 g/mol. The zero-order valence-corrected chi connectivity index (χ0v) is 11.1. The van der Waals surface area contributed by atoms with E-state index >= 15 is 0 Å². The standard InChI is InChI=1S/C15H12ClFO2/c1-18-11-6-10-4-5-19-15(10)12(8-11)9-2-3-14(17)13(16)7-9/h2-3,6-8H,4-5H2,1H3. The van der Waals surface area contributed by atoms with Crippen molar-refractivity contribution < 1.29 is 13.9 Å². The minimum Gasteiger partial charge on any atom is -0.497 e. The number of hydrogen-bond donors (Lipinski definition) is 0. The molecule has 0 saturated heterocycles. The molecule has 0 saturated carbocycles. The normalized spacial score (nSPS) is 13.0. The van der Waals surface area contributed by atoms with E-state index in [4.69, 9.17) is 21.1 Å². The molecule has 0 aliphatic carbocycles. The molecule has 0 radical (unpaired) electrons. The lowest BCUT2D eigenvalue weighted by Gasteiger charge is -2.11. The molecule has 4 heteroatoms. The Morgan fingerprint density at radius 1 is 1.26 bits per heavy atom. The lowest BCUT2D eigenvalue weighted by Crippen LogP contribution is -1.91. The van der Waals surface area contributed by atoms with Crippen LogP contribution in [0.2, 0.25) is 5.02 Å². The van der Waals surface area contributed by atoms with Crippen molar-refractivity contribution in [2.45, 2.75) is 6.42 Å². The molecule has 0 atom stereocenters. The summed E-state index contributed by atoms with van der Waals surface area (Å²) < 4.78 is 24.2. The van der Waals surface area contributed by atoms with E-state index < -0.39 is 5.82 Å². The van der Waals surface area contributed by atoms with Crippen LogP contribution in [-0.2, 0) is 6.42 Å². The van der Waals surface area contributed by atoms with Gasteiger partial charge in [-0.2, -0.15) is 0 Å². The molecule has 1 aliphatic rings. The minimum atomic E-state index is -0.425. The number of benzene rings is 2. The monoisotopic (exact) mass is 278 g/mol. The van der Waals surface area contributed by atoms with Gasteiger partial charge in [-0.25, -0.2) is 4.39 Å². The maximum atomic E-state index is 13.2. The summed E-state index contributed by atoms with van der Waals surface area (Å²) in [6, 6.07) is 8.51. The van der Waals surface area contributed by atoms with E-state index in [2.05, 4.69) is 0 Å². The van der Waals surface area contributed by atoms with Crippen molar-refractivity contribution in [1.82, 2.24) is 0 Å². The summed E-state index contributed by atoms with van der Waals surface area (Å²) in [5, 5.41) is 0.104. The van der Waals surface area contributed by atoms with Gasteiger partial charge in [0.2, 0.25) is 0 Å². The van der Waals surface area contributed by atoms with Crippen molar-refractivity contribution in [1.29, 1.82) is 0 Å². The van der Waals surface area contributed by atoms with E-state index in [0.29, 0.717) is 6.61 Å². The van der Waals surface area contributed by atoms with Gasteiger partial charge >= 0.3 is 0 Å². The Kier molecular flexibility index (Phi) is 3.07. The first kappa shape index (κ1) is 12.3. The number of hydrogen-bond acceptors (Lipinski definition) is 2. The largest absolute Gasteiger partial charge is 0.497 e. The van der Waals surface area contributed by atoms with Gasteiger partial charge in [-0.05, 0) is 29.8 Å². The fourth-order valence-electron chi connectivity index (χ4n) is 2.27. The van der Waals surface area contributed by atoms with Crippen LogP contribution in [0.4, 0.5) is 4.39 Å². The van der Waals surface area contributed by atoms with Crippen molar-refractivity contribution in [2.24, 2.45) is 0 Å². The van der Waals surface area contributed by atoms with E-state index in [1.165, 1.54) is 6.07 Å². The molecule has 0 unspecified atom stereocenters. The minimum absolute atomic E-state index is 0.104. The molecule has 2 nitrogen and oxygen atoms in total. The average Bonchev–Trinajstić information content (AvgIpc) is 2.89. The van der Waals surface area contributed by atoms with Gasteiger partial charge in [0, 0.05) is 17.5 Å². The van der Waals surface area contributed by atoms with Gasteiger partial charge in [-0.15, -0.1) is 0 Å². The zero-order valence-electron chi connectivity index (χ0n) is 10.4. The molecule has 2 aromatic rings. The van der Waals surface area contributed by atoms with Crippen LogP contribution in [0.3, 0.4) is 0 Å². The van der Waals surface area contributed by atoms with Gasteiger partial charge in [0.25, 0.3) is 0 Å². The smallest absolute Gasteiger partial charge is 0.141 e. The Bertz CT molecular complexity index is 640. The predicted molar refractivity (Wildman–Crippen MR) is 72.6 cm³/mol. The van der Waals surface area contributed by atoms with Crippen molar-refractivity contribution in [3.05, 3.63) is 46.7 Å². The molecule has 98 valence electrons. The van der Waals surface area contributed by atoms with Crippen LogP contribution in [-0.4, -0.2) is 13.7 Å². The van der Waals surface area contributed by atoms with Crippen LogP contribution in [0.1, 0.15) is 5.56 Å². The number of methoxy groups -OCH3 is 1. The van der Waals surface area contributed by atoms with Gasteiger partial charge in [-0.3, -0.25) is 0 Å². The molecule has 0 bridgehead atoms. The molecular weight excluding hydrogens is 267 g/mol. The molecule has 1 heterocycles. The molecule has 2 aromatic carbocycles. The Balaban J connectivity index is 2.18.